The highest BCUT2D eigenvalue weighted by atomic mass is 32.2. The van der Waals surface area contributed by atoms with Gasteiger partial charge in [-0.15, -0.1) is 0 Å². The molecule has 9 nitrogen and oxygen atoms in total. The van der Waals surface area contributed by atoms with Gasteiger partial charge in [0.15, 0.2) is 11.5 Å². The quantitative estimate of drug-likeness (QED) is 0.501. The topological polar surface area (TPSA) is 114 Å². The van der Waals surface area contributed by atoms with E-state index in [1.165, 1.54) is 25.4 Å². The molecule has 1 saturated heterocycles. The molecule has 1 atom stereocenters. The van der Waals surface area contributed by atoms with Crippen molar-refractivity contribution in [3.05, 3.63) is 53.6 Å². The predicted molar refractivity (Wildman–Crippen MR) is 146 cm³/mol. The molecule has 2 aromatic rings. The second-order valence-corrected chi connectivity index (χ2v) is 12.5. The number of hydrogen-bond acceptors (Lipinski definition) is 6. The van der Waals surface area contributed by atoms with Crippen molar-refractivity contribution in [2.75, 3.05) is 27.3 Å². The van der Waals surface area contributed by atoms with E-state index in [1.807, 2.05) is 18.2 Å². The highest BCUT2D eigenvalue weighted by Gasteiger charge is 2.32. The van der Waals surface area contributed by atoms with Crippen molar-refractivity contribution in [3.8, 4) is 11.5 Å². The van der Waals surface area contributed by atoms with E-state index in [2.05, 4.69) is 31.4 Å². The van der Waals surface area contributed by atoms with Gasteiger partial charge in [0.05, 0.1) is 19.1 Å². The van der Waals surface area contributed by atoms with Crippen molar-refractivity contribution in [1.29, 1.82) is 0 Å². The molecule has 1 aliphatic rings. The van der Waals surface area contributed by atoms with E-state index in [1.54, 1.807) is 24.3 Å². The van der Waals surface area contributed by atoms with Crippen molar-refractivity contribution in [2.45, 2.75) is 69.4 Å². The fourth-order valence-corrected chi connectivity index (χ4v) is 6.08. The summed E-state index contributed by atoms with van der Waals surface area (Å²) in [4.78, 5) is 25.3. The van der Waals surface area contributed by atoms with Gasteiger partial charge < -0.3 is 20.1 Å². The standard InChI is InChI=1S/C28H39N3O6S/c1-19(32)29-24(18-20-8-7-9-25(36-5)26(20)37-6)27(33)30-22-14-16-31(17-15-22)38(34,35)23-12-10-21(11-13-23)28(2,3)4/h7-13,22,24H,14-18H2,1-6H3,(H,29,32)(H,30,33)/t24-/m0/s1. The fraction of sp³-hybridized carbons (Fsp3) is 0.500. The van der Waals surface area contributed by atoms with Crippen LogP contribution in [0.2, 0.25) is 0 Å². The number of rotatable bonds is 9. The molecule has 2 amide bonds. The van der Waals surface area contributed by atoms with Crippen molar-refractivity contribution >= 4 is 21.8 Å². The number of nitrogens with zero attached hydrogens (tertiary/aromatic N) is 1. The minimum atomic E-state index is -3.63. The molecule has 0 bridgehead atoms. The first-order chi connectivity index (χ1) is 17.9. The van der Waals surface area contributed by atoms with Gasteiger partial charge in [0.25, 0.3) is 0 Å². The van der Waals surface area contributed by atoms with Crippen LogP contribution in [0.3, 0.4) is 0 Å². The van der Waals surface area contributed by atoms with E-state index in [-0.39, 0.29) is 34.6 Å². The first-order valence-electron chi connectivity index (χ1n) is 12.7. The summed E-state index contributed by atoms with van der Waals surface area (Å²) in [5.74, 6) is 0.385. The largest absolute Gasteiger partial charge is 0.493 e. The minimum Gasteiger partial charge on any atom is -0.493 e. The van der Waals surface area contributed by atoms with Gasteiger partial charge in [0.2, 0.25) is 21.8 Å². The summed E-state index contributed by atoms with van der Waals surface area (Å²) < 4.78 is 38.7. The monoisotopic (exact) mass is 545 g/mol. The highest BCUT2D eigenvalue weighted by Crippen LogP contribution is 2.31. The van der Waals surface area contributed by atoms with Gasteiger partial charge in [-0.25, -0.2) is 8.42 Å². The number of piperidine rings is 1. The Hall–Kier alpha value is -3.11. The Bertz CT molecular complexity index is 1230. The summed E-state index contributed by atoms with van der Waals surface area (Å²) in [6.07, 6.45) is 1.16. The van der Waals surface area contributed by atoms with E-state index in [0.717, 1.165) is 11.1 Å². The van der Waals surface area contributed by atoms with Gasteiger partial charge in [0, 0.05) is 38.0 Å². The van der Waals surface area contributed by atoms with Crippen molar-refractivity contribution in [1.82, 2.24) is 14.9 Å². The van der Waals surface area contributed by atoms with Crippen molar-refractivity contribution in [2.24, 2.45) is 0 Å². The maximum absolute atomic E-state index is 13.2. The number of carbonyl (C=O) groups excluding carboxylic acids is 2. The summed E-state index contributed by atoms with van der Waals surface area (Å²) >= 11 is 0. The zero-order chi connectivity index (χ0) is 28.1. The van der Waals surface area contributed by atoms with Crippen LogP contribution in [-0.4, -0.2) is 63.9 Å². The fourth-order valence-electron chi connectivity index (χ4n) is 4.61. The van der Waals surface area contributed by atoms with E-state index >= 15 is 0 Å². The van der Waals surface area contributed by atoms with E-state index < -0.39 is 16.1 Å². The molecule has 208 valence electrons. The lowest BCUT2D eigenvalue weighted by atomic mass is 9.87. The number of para-hydroxylation sites is 1. The normalized spacial score (nSPS) is 15.9. The molecule has 0 aliphatic carbocycles. The van der Waals surface area contributed by atoms with Gasteiger partial charge in [-0.1, -0.05) is 45.0 Å². The van der Waals surface area contributed by atoms with Crippen LogP contribution in [0.25, 0.3) is 0 Å². The van der Waals surface area contributed by atoms with Crippen LogP contribution in [0.4, 0.5) is 0 Å². The number of hydrogen-bond donors (Lipinski definition) is 2. The summed E-state index contributed by atoms with van der Waals surface area (Å²) in [6, 6.07) is 11.4. The SMILES string of the molecule is COc1cccc(C[C@H](NC(C)=O)C(=O)NC2CCN(S(=O)(=O)c3ccc(C(C)(C)C)cc3)CC2)c1OC. The van der Waals surface area contributed by atoms with Crippen LogP contribution >= 0.6 is 0 Å². The highest BCUT2D eigenvalue weighted by molar-refractivity contribution is 7.89. The zero-order valence-electron chi connectivity index (χ0n) is 23.0. The molecule has 3 rings (SSSR count). The molecule has 1 aliphatic heterocycles. The number of sulfonamides is 1. The summed E-state index contributed by atoms with van der Waals surface area (Å²) in [6.45, 7) is 8.20. The zero-order valence-corrected chi connectivity index (χ0v) is 23.9. The second kappa shape index (κ2) is 12.2. The summed E-state index contributed by atoms with van der Waals surface area (Å²) in [7, 11) is -0.567. The Balaban J connectivity index is 1.65. The lowest BCUT2D eigenvalue weighted by Gasteiger charge is -2.32. The van der Waals surface area contributed by atoms with Crippen LogP contribution in [0.15, 0.2) is 47.4 Å². The molecule has 2 aromatic carbocycles. The molecule has 0 spiro atoms. The Morgan fingerprint density at radius 1 is 1.03 bits per heavy atom. The average Bonchev–Trinajstić information content (AvgIpc) is 2.87. The lowest BCUT2D eigenvalue weighted by molar-refractivity contribution is -0.128. The molecular formula is C28H39N3O6S. The number of benzene rings is 2. The Morgan fingerprint density at radius 2 is 1.66 bits per heavy atom. The van der Waals surface area contributed by atoms with Gasteiger partial charge in [0.1, 0.15) is 6.04 Å². The van der Waals surface area contributed by atoms with E-state index in [9.17, 15) is 18.0 Å². The molecule has 38 heavy (non-hydrogen) atoms. The van der Waals surface area contributed by atoms with Crippen molar-refractivity contribution < 1.29 is 27.5 Å². The predicted octanol–water partition coefficient (Wildman–Crippen LogP) is 3.02. The molecule has 10 heteroatoms. The number of amides is 2. The third kappa shape index (κ3) is 7.05. The number of nitrogens with one attached hydrogen (secondary N) is 2. The van der Waals surface area contributed by atoms with Gasteiger partial charge >= 0.3 is 0 Å². The molecule has 0 radical (unpaired) electrons. The number of ether oxygens (including phenoxy) is 2. The Kier molecular flexibility index (Phi) is 9.43. The molecule has 1 heterocycles. The van der Waals surface area contributed by atoms with Gasteiger partial charge in [-0.2, -0.15) is 4.31 Å². The van der Waals surface area contributed by atoms with E-state index in [4.69, 9.17) is 9.47 Å². The molecular weight excluding hydrogens is 506 g/mol. The minimum absolute atomic E-state index is 0.0638. The van der Waals surface area contributed by atoms with E-state index in [0.29, 0.717) is 37.4 Å². The van der Waals surface area contributed by atoms with Gasteiger partial charge in [-0.05, 0) is 42.0 Å². The molecule has 0 aromatic heterocycles. The maximum Gasteiger partial charge on any atom is 0.243 e. The first-order valence-corrected chi connectivity index (χ1v) is 14.2. The van der Waals surface area contributed by atoms with Gasteiger partial charge in [-0.3, -0.25) is 9.59 Å². The third-order valence-corrected chi connectivity index (χ3v) is 8.67. The summed E-state index contributed by atoms with van der Waals surface area (Å²) in [5, 5.41) is 5.72. The average molecular weight is 546 g/mol. The lowest BCUT2D eigenvalue weighted by Crippen LogP contribution is -2.53. The number of carbonyl (C=O) groups is 2. The number of methoxy groups -OCH3 is 2. The Labute approximate surface area is 225 Å². The van der Waals surface area contributed by atoms with Crippen LogP contribution in [0, 0.1) is 0 Å². The van der Waals surface area contributed by atoms with Crippen LogP contribution < -0.4 is 20.1 Å². The molecule has 2 N–H and O–H groups in total. The first kappa shape index (κ1) is 29.4. The third-order valence-electron chi connectivity index (χ3n) is 6.76. The van der Waals surface area contributed by atoms with Crippen LogP contribution in [0.5, 0.6) is 11.5 Å². The smallest absolute Gasteiger partial charge is 0.243 e. The van der Waals surface area contributed by atoms with Crippen molar-refractivity contribution in [3.63, 3.8) is 0 Å². The molecule has 0 unspecified atom stereocenters. The van der Waals surface area contributed by atoms with Crippen LogP contribution in [-0.2, 0) is 31.4 Å². The maximum atomic E-state index is 13.2. The Morgan fingerprint density at radius 3 is 2.18 bits per heavy atom. The molecule has 1 fully saturated rings. The second-order valence-electron chi connectivity index (χ2n) is 10.6. The van der Waals surface area contributed by atoms with Crippen LogP contribution in [0.1, 0.15) is 51.7 Å². The summed E-state index contributed by atoms with van der Waals surface area (Å²) in [5.41, 5.74) is 1.73. The molecule has 0 saturated carbocycles.